The molecule has 0 spiro atoms. The van der Waals surface area contributed by atoms with Crippen LogP contribution in [0.15, 0.2) is 24.2 Å². The van der Waals surface area contributed by atoms with Gasteiger partial charge in [0.25, 0.3) is 0 Å². The van der Waals surface area contributed by atoms with E-state index in [4.69, 9.17) is 9.47 Å². The minimum absolute atomic E-state index is 0.213. The fourth-order valence-corrected chi connectivity index (χ4v) is 0.875. The molecule has 0 aromatic carbocycles. The van der Waals surface area contributed by atoms with Crippen molar-refractivity contribution in [2.45, 2.75) is 19.6 Å². The summed E-state index contributed by atoms with van der Waals surface area (Å²) >= 11 is 0. The zero-order chi connectivity index (χ0) is 8.48. The van der Waals surface area contributed by atoms with Gasteiger partial charge in [0.2, 0.25) is 11.5 Å². The van der Waals surface area contributed by atoms with E-state index in [9.17, 15) is 4.79 Å². The van der Waals surface area contributed by atoms with E-state index in [0.29, 0.717) is 12.0 Å². The normalized spacial score (nSPS) is 20.5. The van der Waals surface area contributed by atoms with Gasteiger partial charge in [-0.05, 0) is 6.08 Å². The first-order valence-electron chi connectivity index (χ1n) is 3.29. The third-order valence-electron chi connectivity index (χ3n) is 1.25. The van der Waals surface area contributed by atoms with Gasteiger partial charge < -0.3 is 9.47 Å². The van der Waals surface area contributed by atoms with E-state index in [-0.39, 0.29) is 5.76 Å². The molecule has 0 saturated carbocycles. The van der Waals surface area contributed by atoms with Crippen LogP contribution in [-0.2, 0) is 14.3 Å². The van der Waals surface area contributed by atoms with E-state index in [1.54, 1.807) is 13.8 Å². The number of allylic oxidation sites excluding steroid dienone is 2. The Morgan fingerprint density at radius 2 is 1.91 bits per heavy atom. The Morgan fingerprint density at radius 1 is 1.36 bits per heavy atom. The lowest BCUT2D eigenvalue weighted by atomic mass is 10.4. The van der Waals surface area contributed by atoms with E-state index in [0.717, 1.165) is 0 Å². The van der Waals surface area contributed by atoms with Gasteiger partial charge >= 0.3 is 0 Å². The Balaban J connectivity index is 2.87. The summed E-state index contributed by atoms with van der Waals surface area (Å²) < 4.78 is 10.3. The molecule has 0 bridgehead atoms. The molecule has 1 aliphatic rings. The van der Waals surface area contributed by atoms with Crippen LogP contribution in [0, 0.1) is 0 Å². The lowest BCUT2D eigenvalue weighted by Gasteiger charge is -2.17. The molecule has 0 aromatic heterocycles. The lowest BCUT2D eigenvalue weighted by molar-refractivity contribution is -0.130. The molecule has 0 aliphatic carbocycles. The molecule has 0 saturated heterocycles. The van der Waals surface area contributed by atoms with E-state index in [1.165, 1.54) is 6.08 Å². The van der Waals surface area contributed by atoms with Gasteiger partial charge in [0.1, 0.15) is 0 Å². The number of carbonyl (C=O) groups is 1. The molecule has 3 heteroatoms. The van der Waals surface area contributed by atoms with Crippen LogP contribution in [0.4, 0.5) is 0 Å². The molecule has 0 unspecified atom stereocenters. The van der Waals surface area contributed by atoms with E-state index in [1.807, 2.05) is 0 Å². The molecule has 0 N–H and O–H groups in total. The first-order valence-corrected chi connectivity index (χ1v) is 3.29. The predicted molar refractivity (Wildman–Crippen MR) is 39.5 cm³/mol. The van der Waals surface area contributed by atoms with Crippen LogP contribution >= 0.6 is 0 Å². The molecule has 60 valence electrons. The van der Waals surface area contributed by atoms with Gasteiger partial charge in [-0.2, -0.15) is 0 Å². The van der Waals surface area contributed by atoms with Gasteiger partial charge in [-0.25, -0.2) is 0 Å². The van der Waals surface area contributed by atoms with Crippen molar-refractivity contribution in [3.63, 3.8) is 0 Å². The molecule has 0 aromatic rings. The van der Waals surface area contributed by atoms with Gasteiger partial charge in [-0.15, -0.1) is 0 Å². The SMILES string of the molecule is C=CC1=C(C=O)OC(C)(C)O1. The van der Waals surface area contributed by atoms with Crippen LogP contribution in [0.2, 0.25) is 0 Å². The third-order valence-corrected chi connectivity index (χ3v) is 1.25. The van der Waals surface area contributed by atoms with Crippen LogP contribution in [-0.4, -0.2) is 12.1 Å². The maximum Gasteiger partial charge on any atom is 0.246 e. The quantitative estimate of drug-likeness (QED) is 0.563. The van der Waals surface area contributed by atoms with Crippen LogP contribution in [0.25, 0.3) is 0 Å². The average Bonchev–Trinajstić information content (AvgIpc) is 2.25. The Morgan fingerprint density at radius 3 is 2.27 bits per heavy atom. The maximum absolute atomic E-state index is 10.4. The number of aldehydes is 1. The van der Waals surface area contributed by atoms with Crippen molar-refractivity contribution < 1.29 is 14.3 Å². The summed E-state index contributed by atoms with van der Waals surface area (Å²) in [5.41, 5.74) is 0. The first kappa shape index (κ1) is 7.85. The number of ether oxygens (including phenoxy) is 2. The lowest BCUT2D eigenvalue weighted by Crippen LogP contribution is -2.20. The molecule has 0 amide bonds. The molecule has 0 fully saturated rings. The van der Waals surface area contributed by atoms with Crippen molar-refractivity contribution in [3.05, 3.63) is 24.2 Å². The van der Waals surface area contributed by atoms with Gasteiger partial charge in [-0.1, -0.05) is 6.58 Å². The largest absolute Gasteiger partial charge is 0.449 e. The van der Waals surface area contributed by atoms with Gasteiger partial charge in [-0.3, -0.25) is 4.79 Å². The Bertz CT molecular complexity index is 203. The van der Waals surface area contributed by atoms with Crippen molar-refractivity contribution in [2.75, 3.05) is 0 Å². The molecular weight excluding hydrogens is 144 g/mol. The highest BCUT2D eigenvalue weighted by Gasteiger charge is 2.32. The zero-order valence-corrected chi connectivity index (χ0v) is 6.59. The summed E-state index contributed by atoms with van der Waals surface area (Å²) in [5, 5.41) is 0. The summed E-state index contributed by atoms with van der Waals surface area (Å²) in [6.07, 6.45) is 2.07. The Hall–Kier alpha value is -1.25. The highest BCUT2D eigenvalue weighted by atomic mass is 16.7. The second-order valence-corrected chi connectivity index (χ2v) is 2.65. The van der Waals surface area contributed by atoms with Gasteiger partial charge in [0.15, 0.2) is 12.0 Å². The summed E-state index contributed by atoms with van der Waals surface area (Å²) in [6.45, 7) is 6.94. The van der Waals surface area contributed by atoms with Crippen LogP contribution in [0.5, 0.6) is 0 Å². The minimum atomic E-state index is -0.736. The van der Waals surface area contributed by atoms with Crippen LogP contribution in [0.1, 0.15) is 13.8 Å². The molecule has 11 heavy (non-hydrogen) atoms. The van der Waals surface area contributed by atoms with Crippen molar-refractivity contribution in [1.29, 1.82) is 0 Å². The minimum Gasteiger partial charge on any atom is -0.449 e. The summed E-state index contributed by atoms with van der Waals surface area (Å²) in [7, 11) is 0. The van der Waals surface area contributed by atoms with Crippen LogP contribution in [0.3, 0.4) is 0 Å². The van der Waals surface area contributed by atoms with Crippen molar-refractivity contribution in [1.82, 2.24) is 0 Å². The first-order chi connectivity index (χ1) is 5.09. The van der Waals surface area contributed by atoms with Crippen molar-refractivity contribution in [3.8, 4) is 0 Å². The number of hydrogen-bond acceptors (Lipinski definition) is 3. The Labute approximate surface area is 65.3 Å². The Kier molecular flexibility index (Phi) is 1.72. The second kappa shape index (κ2) is 2.42. The number of hydrogen-bond donors (Lipinski definition) is 0. The number of rotatable bonds is 2. The van der Waals surface area contributed by atoms with E-state index < -0.39 is 5.79 Å². The summed E-state index contributed by atoms with van der Waals surface area (Å²) in [6, 6.07) is 0. The molecular formula is C8H10O3. The topological polar surface area (TPSA) is 35.5 Å². The second-order valence-electron chi connectivity index (χ2n) is 2.65. The highest BCUT2D eigenvalue weighted by Crippen LogP contribution is 2.29. The smallest absolute Gasteiger partial charge is 0.246 e. The van der Waals surface area contributed by atoms with Crippen molar-refractivity contribution >= 4 is 6.29 Å². The fraction of sp³-hybridized carbons (Fsp3) is 0.375. The zero-order valence-electron chi connectivity index (χ0n) is 6.59. The highest BCUT2D eigenvalue weighted by molar-refractivity contribution is 5.72. The number of carbonyl (C=O) groups excluding carboxylic acids is 1. The van der Waals surface area contributed by atoms with Gasteiger partial charge in [0, 0.05) is 13.8 Å². The standard InChI is InChI=1S/C8H10O3/c1-4-6-7(5-9)11-8(2,3)10-6/h4-5H,1H2,2-3H3. The molecule has 1 rings (SSSR count). The predicted octanol–water partition coefficient (Wildman–Crippen LogP) is 1.37. The molecule has 3 nitrogen and oxygen atoms in total. The molecule has 0 atom stereocenters. The van der Waals surface area contributed by atoms with E-state index in [2.05, 4.69) is 6.58 Å². The fourth-order valence-electron chi connectivity index (χ4n) is 0.875. The summed E-state index contributed by atoms with van der Waals surface area (Å²) in [4.78, 5) is 10.4. The van der Waals surface area contributed by atoms with Crippen LogP contribution < -0.4 is 0 Å². The summed E-state index contributed by atoms with van der Waals surface area (Å²) in [5.74, 6) is -0.116. The molecule has 0 radical (unpaired) electrons. The maximum atomic E-state index is 10.4. The average molecular weight is 154 g/mol. The van der Waals surface area contributed by atoms with E-state index >= 15 is 0 Å². The molecule has 1 heterocycles. The van der Waals surface area contributed by atoms with Gasteiger partial charge in [0.05, 0.1) is 0 Å². The third kappa shape index (κ3) is 1.42. The monoisotopic (exact) mass is 154 g/mol. The molecule has 1 aliphatic heterocycles. The van der Waals surface area contributed by atoms with Crippen molar-refractivity contribution in [2.24, 2.45) is 0 Å².